The first kappa shape index (κ1) is 21.4. The van der Waals surface area contributed by atoms with Gasteiger partial charge in [0.1, 0.15) is 5.75 Å². The van der Waals surface area contributed by atoms with Gasteiger partial charge in [0.25, 0.3) is 0 Å². The maximum absolute atomic E-state index is 14.8. The highest BCUT2D eigenvalue weighted by Crippen LogP contribution is 2.48. The van der Waals surface area contributed by atoms with Crippen LogP contribution in [0, 0.1) is 0 Å². The molecule has 4 aromatic rings. The molecule has 0 fully saturated rings. The summed E-state index contributed by atoms with van der Waals surface area (Å²) in [5.74, 6) is 0.843. The van der Waals surface area contributed by atoms with Gasteiger partial charge in [0.2, 0.25) is 7.29 Å². The Morgan fingerprint density at radius 2 is 1.36 bits per heavy atom. The molecule has 4 heteroatoms. The van der Waals surface area contributed by atoms with Crippen LogP contribution in [0.25, 0.3) is 0 Å². The number of hydrogen-bond donors (Lipinski definition) is 0. The zero-order valence-electron chi connectivity index (χ0n) is 18.6. The van der Waals surface area contributed by atoms with Gasteiger partial charge in [-0.05, 0) is 60.4 Å². The van der Waals surface area contributed by atoms with Crippen LogP contribution in [-0.2, 0) is 11.0 Å². The standard InChI is InChI=1S/C29H26NO2P/c1-32-24-19-17-23-18-20-27(22-11-5-2-6-12-22)29(28(23)21-24)30-33(31,25-13-7-3-8-14-25)26-15-9-4-10-16-26/h2-17,19,21,27H,18,20H2,1H3/b30-29+. The Kier molecular flexibility index (Phi) is 5.98. The van der Waals surface area contributed by atoms with Gasteiger partial charge in [-0.3, -0.25) is 4.57 Å². The van der Waals surface area contributed by atoms with E-state index in [-0.39, 0.29) is 5.92 Å². The molecule has 0 bridgehead atoms. The molecule has 0 aromatic heterocycles. The zero-order chi connectivity index (χ0) is 22.7. The minimum absolute atomic E-state index is 0.0616. The van der Waals surface area contributed by atoms with Gasteiger partial charge in [-0.15, -0.1) is 0 Å². The average Bonchev–Trinajstić information content (AvgIpc) is 2.90. The number of nitrogens with zero attached hydrogens (tertiary/aromatic N) is 1. The lowest BCUT2D eigenvalue weighted by Crippen LogP contribution is -2.24. The Hall–Kier alpha value is -3.42. The molecule has 0 N–H and O–H groups in total. The third-order valence-electron chi connectivity index (χ3n) is 6.29. The summed E-state index contributed by atoms with van der Waals surface area (Å²) in [5.41, 5.74) is 4.31. The summed E-state index contributed by atoms with van der Waals surface area (Å²) < 4.78 is 25.6. The summed E-state index contributed by atoms with van der Waals surface area (Å²) in [6.45, 7) is 0. The molecular weight excluding hydrogens is 425 g/mol. The van der Waals surface area contributed by atoms with Gasteiger partial charge in [0.15, 0.2) is 0 Å². The van der Waals surface area contributed by atoms with E-state index in [1.54, 1.807) is 7.11 Å². The quantitative estimate of drug-likeness (QED) is 0.342. The highest BCUT2D eigenvalue weighted by molar-refractivity contribution is 7.77. The van der Waals surface area contributed by atoms with Crippen LogP contribution in [0.5, 0.6) is 5.75 Å². The molecule has 4 aromatic carbocycles. The van der Waals surface area contributed by atoms with Gasteiger partial charge < -0.3 is 4.74 Å². The summed E-state index contributed by atoms with van der Waals surface area (Å²) in [6.07, 6.45) is 1.87. The molecule has 0 spiro atoms. The van der Waals surface area contributed by atoms with Gasteiger partial charge in [0, 0.05) is 22.1 Å². The van der Waals surface area contributed by atoms with Gasteiger partial charge >= 0.3 is 0 Å². The molecule has 0 saturated carbocycles. The second-order valence-corrected chi connectivity index (χ2v) is 10.6. The van der Waals surface area contributed by atoms with Gasteiger partial charge in [-0.25, -0.2) is 4.76 Å². The van der Waals surface area contributed by atoms with E-state index in [4.69, 9.17) is 9.50 Å². The van der Waals surface area contributed by atoms with E-state index in [0.717, 1.165) is 40.5 Å². The highest BCUT2D eigenvalue weighted by atomic mass is 31.2. The van der Waals surface area contributed by atoms with Gasteiger partial charge in [0.05, 0.1) is 12.8 Å². The van der Waals surface area contributed by atoms with Crippen LogP contribution in [0.2, 0.25) is 0 Å². The molecule has 0 saturated heterocycles. The highest BCUT2D eigenvalue weighted by Gasteiger charge is 2.33. The number of methoxy groups -OCH3 is 1. The Bertz CT molecular complexity index is 1270. The van der Waals surface area contributed by atoms with Crippen molar-refractivity contribution in [3.8, 4) is 5.75 Å². The van der Waals surface area contributed by atoms with E-state index < -0.39 is 7.29 Å². The van der Waals surface area contributed by atoms with E-state index in [9.17, 15) is 4.57 Å². The van der Waals surface area contributed by atoms with E-state index >= 15 is 0 Å². The molecule has 164 valence electrons. The topological polar surface area (TPSA) is 38.7 Å². The molecule has 1 aliphatic carbocycles. The smallest absolute Gasteiger partial charge is 0.247 e. The van der Waals surface area contributed by atoms with E-state index in [1.807, 2.05) is 78.9 Å². The molecule has 5 rings (SSSR count). The number of benzene rings is 4. The first-order valence-corrected chi connectivity index (χ1v) is 12.9. The summed E-state index contributed by atoms with van der Waals surface area (Å²) in [5, 5.41) is 1.48. The molecule has 0 amide bonds. The third kappa shape index (κ3) is 4.17. The van der Waals surface area contributed by atoms with Crippen molar-refractivity contribution in [2.45, 2.75) is 18.8 Å². The minimum atomic E-state index is -3.28. The largest absolute Gasteiger partial charge is 0.497 e. The maximum Gasteiger partial charge on any atom is 0.247 e. The maximum atomic E-state index is 14.8. The lowest BCUT2D eigenvalue weighted by molar-refractivity contribution is 0.414. The van der Waals surface area contributed by atoms with Crippen LogP contribution in [0.1, 0.15) is 29.0 Å². The van der Waals surface area contributed by atoms with Crippen molar-refractivity contribution in [1.29, 1.82) is 0 Å². The van der Waals surface area contributed by atoms with Crippen molar-refractivity contribution >= 4 is 23.6 Å². The summed E-state index contributed by atoms with van der Waals surface area (Å²) >= 11 is 0. The summed E-state index contributed by atoms with van der Waals surface area (Å²) in [4.78, 5) is 0. The number of fused-ring (bicyclic) bond motifs is 1. The van der Waals surface area contributed by atoms with Crippen molar-refractivity contribution < 1.29 is 9.30 Å². The van der Waals surface area contributed by atoms with Crippen molar-refractivity contribution in [2.24, 2.45) is 4.76 Å². The third-order valence-corrected chi connectivity index (χ3v) is 8.78. The number of ether oxygens (including phenoxy) is 1. The lowest BCUT2D eigenvalue weighted by Gasteiger charge is -2.29. The van der Waals surface area contributed by atoms with Crippen LogP contribution in [0.15, 0.2) is 114 Å². The van der Waals surface area contributed by atoms with E-state index in [0.29, 0.717) is 0 Å². The normalized spacial score (nSPS) is 16.9. The second-order valence-electron chi connectivity index (χ2n) is 8.26. The molecule has 1 atom stereocenters. The van der Waals surface area contributed by atoms with Gasteiger partial charge in [-0.2, -0.15) is 0 Å². The summed E-state index contributed by atoms with van der Waals surface area (Å²) in [6, 6.07) is 35.9. The van der Waals surface area contributed by atoms with Crippen molar-refractivity contribution in [3.63, 3.8) is 0 Å². The predicted molar refractivity (Wildman–Crippen MR) is 137 cm³/mol. The predicted octanol–water partition coefficient (Wildman–Crippen LogP) is 6.14. The fraction of sp³-hybridized carbons (Fsp3) is 0.138. The monoisotopic (exact) mass is 451 g/mol. The first-order chi connectivity index (χ1) is 16.2. The van der Waals surface area contributed by atoms with Crippen LogP contribution < -0.4 is 15.3 Å². The minimum Gasteiger partial charge on any atom is -0.497 e. The number of rotatable bonds is 5. The van der Waals surface area contributed by atoms with E-state index in [2.05, 4.69) is 30.3 Å². The Morgan fingerprint density at radius 3 is 1.94 bits per heavy atom. The first-order valence-electron chi connectivity index (χ1n) is 11.2. The Labute approximate surface area is 195 Å². The molecule has 0 radical (unpaired) electrons. The molecule has 1 aliphatic rings. The Morgan fingerprint density at radius 1 is 0.788 bits per heavy atom. The fourth-order valence-corrected chi connectivity index (χ4v) is 6.81. The lowest BCUT2D eigenvalue weighted by atomic mass is 9.78. The summed E-state index contributed by atoms with van der Waals surface area (Å²) in [7, 11) is -1.61. The van der Waals surface area contributed by atoms with Crippen molar-refractivity contribution in [1.82, 2.24) is 0 Å². The van der Waals surface area contributed by atoms with Crippen molar-refractivity contribution in [2.75, 3.05) is 7.11 Å². The van der Waals surface area contributed by atoms with Crippen LogP contribution in [0.4, 0.5) is 0 Å². The van der Waals surface area contributed by atoms with Crippen molar-refractivity contribution in [3.05, 3.63) is 126 Å². The van der Waals surface area contributed by atoms with Crippen LogP contribution in [-0.4, -0.2) is 12.8 Å². The molecule has 0 heterocycles. The number of hydrogen-bond acceptors (Lipinski definition) is 2. The molecule has 33 heavy (non-hydrogen) atoms. The van der Waals surface area contributed by atoms with Crippen LogP contribution >= 0.6 is 7.29 Å². The fourth-order valence-electron chi connectivity index (χ4n) is 4.57. The molecule has 1 unspecified atom stereocenters. The average molecular weight is 452 g/mol. The molecule has 3 nitrogen and oxygen atoms in total. The molecular formula is C29H26NO2P. The zero-order valence-corrected chi connectivity index (χ0v) is 19.5. The van der Waals surface area contributed by atoms with Crippen LogP contribution in [0.3, 0.4) is 0 Å². The van der Waals surface area contributed by atoms with E-state index in [1.165, 1.54) is 11.1 Å². The van der Waals surface area contributed by atoms with Gasteiger partial charge in [-0.1, -0.05) is 72.8 Å². The number of aryl methyl sites for hydroxylation is 1. The Balaban J connectivity index is 1.78. The molecule has 0 aliphatic heterocycles. The SMILES string of the molecule is COc1ccc2c(c1)/C(=N/P(=O)(c1ccccc1)c1ccccc1)C(c1ccccc1)CC2. The second kappa shape index (κ2) is 9.21.